The lowest BCUT2D eigenvalue weighted by Gasteiger charge is -2.05. The molecule has 0 saturated carbocycles. The molecule has 0 bridgehead atoms. The molecule has 6 nitrogen and oxygen atoms in total. The van der Waals surface area contributed by atoms with Gasteiger partial charge in [-0.2, -0.15) is 4.98 Å². The summed E-state index contributed by atoms with van der Waals surface area (Å²) < 4.78 is 7.04. The van der Waals surface area contributed by atoms with E-state index >= 15 is 0 Å². The Morgan fingerprint density at radius 3 is 2.50 bits per heavy atom. The number of pyridine rings is 2. The molecule has 1 aromatic carbocycles. The average Bonchev–Trinajstić information content (AvgIpc) is 3.05. The van der Waals surface area contributed by atoms with Crippen LogP contribution in [-0.4, -0.2) is 26.7 Å². The molecule has 0 atom stereocenters. The smallest absolute Gasteiger partial charge is 0.247 e. The molecule has 0 aliphatic heterocycles. The first-order valence-electron chi connectivity index (χ1n) is 7.51. The van der Waals surface area contributed by atoms with Crippen LogP contribution in [0.15, 0.2) is 67.0 Å². The van der Waals surface area contributed by atoms with Crippen LogP contribution in [0.1, 0.15) is 0 Å². The minimum absolute atomic E-state index is 0.544. The van der Waals surface area contributed by atoms with Crippen molar-refractivity contribution in [3.05, 3.63) is 67.0 Å². The van der Waals surface area contributed by atoms with Gasteiger partial charge in [-0.3, -0.25) is 4.98 Å². The van der Waals surface area contributed by atoms with E-state index in [1.54, 1.807) is 19.5 Å². The molecule has 24 heavy (non-hydrogen) atoms. The van der Waals surface area contributed by atoms with E-state index in [4.69, 9.17) is 4.74 Å². The molecule has 3 heterocycles. The van der Waals surface area contributed by atoms with Crippen LogP contribution in [0.3, 0.4) is 0 Å². The molecule has 4 rings (SSSR count). The first-order chi connectivity index (χ1) is 11.8. The number of aromatic nitrogens is 4. The fraction of sp³-hybridized carbons (Fsp3) is 0.0556. The summed E-state index contributed by atoms with van der Waals surface area (Å²) in [7, 11) is 1.66. The highest BCUT2D eigenvalue weighted by atomic mass is 16.5. The Bertz CT molecular complexity index is 964. The van der Waals surface area contributed by atoms with Crippen molar-refractivity contribution in [2.24, 2.45) is 0 Å². The van der Waals surface area contributed by atoms with Gasteiger partial charge in [0.1, 0.15) is 5.75 Å². The van der Waals surface area contributed by atoms with E-state index in [1.165, 1.54) is 0 Å². The molecule has 0 spiro atoms. The third kappa shape index (κ3) is 2.65. The number of nitrogens with one attached hydrogen (secondary N) is 1. The highest BCUT2D eigenvalue weighted by molar-refractivity contribution is 5.65. The fourth-order valence-electron chi connectivity index (χ4n) is 2.50. The van der Waals surface area contributed by atoms with E-state index in [0.717, 1.165) is 28.3 Å². The quantitative estimate of drug-likeness (QED) is 0.623. The van der Waals surface area contributed by atoms with Gasteiger partial charge in [0, 0.05) is 23.6 Å². The van der Waals surface area contributed by atoms with Gasteiger partial charge in [-0.1, -0.05) is 6.07 Å². The highest BCUT2D eigenvalue weighted by Crippen LogP contribution is 2.24. The summed E-state index contributed by atoms with van der Waals surface area (Å²) in [6.45, 7) is 0. The Kier molecular flexibility index (Phi) is 3.55. The first-order valence-corrected chi connectivity index (χ1v) is 7.51. The summed E-state index contributed by atoms with van der Waals surface area (Å²) in [5, 5.41) is 7.76. The number of nitrogens with zero attached hydrogens (tertiary/aromatic N) is 4. The highest BCUT2D eigenvalue weighted by Gasteiger charge is 2.09. The van der Waals surface area contributed by atoms with Gasteiger partial charge in [-0.25, -0.2) is 4.52 Å². The summed E-state index contributed by atoms with van der Waals surface area (Å²) in [4.78, 5) is 8.52. The molecule has 4 aromatic rings. The van der Waals surface area contributed by atoms with Crippen LogP contribution in [0.25, 0.3) is 16.9 Å². The molecule has 0 aliphatic carbocycles. The number of fused-ring (bicyclic) bond motifs is 1. The second-order valence-electron chi connectivity index (χ2n) is 5.21. The monoisotopic (exact) mass is 317 g/mol. The van der Waals surface area contributed by atoms with Crippen molar-refractivity contribution in [3.63, 3.8) is 0 Å². The Labute approximate surface area is 138 Å². The molecular formula is C18H15N5O. The van der Waals surface area contributed by atoms with E-state index in [1.807, 2.05) is 59.1 Å². The zero-order valence-corrected chi connectivity index (χ0v) is 13.0. The summed E-state index contributed by atoms with van der Waals surface area (Å²) in [6, 6.07) is 17.5. The van der Waals surface area contributed by atoms with Crippen LogP contribution >= 0.6 is 0 Å². The summed E-state index contributed by atoms with van der Waals surface area (Å²) in [6.07, 6.45) is 3.45. The van der Waals surface area contributed by atoms with Crippen LogP contribution < -0.4 is 10.1 Å². The van der Waals surface area contributed by atoms with Gasteiger partial charge in [0.15, 0.2) is 5.65 Å². The third-order valence-corrected chi connectivity index (χ3v) is 3.68. The van der Waals surface area contributed by atoms with Gasteiger partial charge >= 0.3 is 0 Å². The van der Waals surface area contributed by atoms with E-state index in [2.05, 4.69) is 20.4 Å². The Balaban J connectivity index is 1.74. The molecular weight excluding hydrogens is 302 g/mol. The maximum absolute atomic E-state index is 5.21. The van der Waals surface area contributed by atoms with Crippen molar-refractivity contribution in [2.75, 3.05) is 12.4 Å². The maximum Gasteiger partial charge on any atom is 0.247 e. The van der Waals surface area contributed by atoms with Crippen molar-refractivity contribution in [3.8, 4) is 17.0 Å². The zero-order valence-electron chi connectivity index (χ0n) is 13.0. The maximum atomic E-state index is 5.21. The van der Waals surface area contributed by atoms with Crippen molar-refractivity contribution in [1.82, 2.24) is 19.6 Å². The Hall–Kier alpha value is -3.41. The van der Waals surface area contributed by atoms with Gasteiger partial charge < -0.3 is 10.1 Å². The van der Waals surface area contributed by atoms with E-state index in [0.29, 0.717) is 5.95 Å². The van der Waals surface area contributed by atoms with Gasteiger partial charge in [-0.15, -0.1) is 5.10 Å². The minimum atomic E-state index is 0.544. The zero-order chi connectivity index (χ0) is 16.4. The van der Waals surface area contributed by atoms with E-state index in [-0.39, 0.29) is 0 Å². The summed E-state index contributed by atoms with van der Waals surface area (Å²) >= 11 is 0. The molecule has 0 amide bonds. The predicted molar refractivity (Wildman–Crippen MR) is 92.5 cm³/mol. The molecule has 3 aromatic heterocycles. The minimum Gasteiger partial charge on any atom is -0.497 e. The number of benzene rings is 1. The summed E-state index contributed by atoms with van der Waals surface area (Å²) in [5.41, 5.74) is 3.68. The van der Waals surface area contributed by atoms with E-state index < -0.39 is 0 Å². The van der Waals surface area contributed by atoms with Crippen molar-refractivity contribution >= 4 is 17.3 Å². The number of methoxy groups -OCH3 is 1. The molecule has 6 heteroatoms. The first kappa shape index (κ1) is 14.2. The number of rotatable bonds is 4. The van der Waals surface area contributed by atoms with Gasteiger partial charge in [0.05, 0.1) is 12.8 Å². The molecule has 0 aliphatic rings. The standard InChI is InChI=1S/C18H15N5O/c1-24-15-7-5-13(6-8-15)16-3-2-4-17-21-18(22-23(16)17)20-14-9-11-19-12-10-14/h2-12H,1H3,(H,19,20,22). The number of ether oxygens (including phenoxy) is 1. The second kappa shape index (κ2) is 6.00. The normalized spacial score (nSPS) is 10.7. The summed E-state index contributed by atoms with van der Waals surface area (Å²) in [5.74, 6) is 1.37. The largest absolute Gasteiger partial charge is 0.497 e. The van der Waals surface area contributed by atoms with Gasteiger partial charge in [-0.05, 0) is 48.5 Å². The molecule has 0 saturated heterocycles. The number of anilines is 2. The average molecular weight is 317 g/mol. The van der Waals surface area contributed by atoms with Crippen molar-refractivity contribution in [1.29, 1.82) is 0 Å². The SMILES string of the molecule is COc1ccc(-c2cccc3nc(Nc4ccncc4)nn23)cc1. The van der Waals surface area contributed by atoms with Crippen molar-refractivity contribution in [2.45, 2.75) is 0 Å². The van der Waals surface area contributed by atoms with Gasteiger partial charge in [0.2, 0.25) is 5.95 Å². The van der Waals surface area contributed by atoms with Crippen LogP contribution in [0.2, 0.25) is 0 Å². The lowest BCUT2D eigenvalue weighted by atomic mass is 10.1. The Morgan fingerprint density at radius 1 is 0.958 bits per heavy atom. The number of hydrogen-bond donors (Lipinski definition) is 1. The van der Waals surface area contributed by atoms with Crippen molar-refractivity contribution < 1.29 is 4.74 Å². The lowest BCUT2D eigenvalue weighted by Crippen LogP contribution is -1.95. The topological polar surface area (TPSA) is 64.3 Å². The second-order valence-corrected chi connectivity index (χ2v) is 5.21. The molecule has 118 valence electrons. The fourth-order valence-corrected chi connectivity index (χ4v) is 2.50. The molecule has 0 unspecified atom stereocenters. The predicted octanol–water partition coefficient (Wildman–Crippen LogP) is 3.54. The van der Waals surface area contributed by atoms with Crippen LogP contribution in [-0.2, 0) is 0 Å². The van der Waals surface area contributed by atoms with Gasteiger partial charge in [0.25, 0.3) is 0 Å². The third-order valence-electron chi connectivity index (χ3n) is 3.68. The number of hydrogen-bond acceptors (Lipinski definition) is 5. The van der Waals surface area contributed by atoms with Crippen LogP contribution in [0.4, 0.5) is 11.6 Å². The lowest BCUT2D eigenvalue weighted by molar-refractivity contribution is 0.415. The van der Waals surface area contributed by atoms with Crippen LogP contribution in [0, 0.1) is 0 Å². The Morgan fingerprint density at radius 2 is 1.75 bits per heavy atom. The molecule has 0 radical (unpaired) electrons. The molecule has 1 N–H and O–H groups in total. The van der Waals surface area contributed by atoms with E-state index in [9.17, 15) is 0 Å². The molecule has 0 fully saturated rings. The van der Waals surface area contributed by atoms with Crippen LogP contribution in [0.5, 0.6) is 5.75 Å².